The summed E-state index contributed by atoms with van der Waals surface area (Å²) in [5.41, 5.74) is 6.65. The van der Waals surface area contributed by atoms with Crippen LogP contribution in [0.2, 0.25) is 0 Å². The van der Waals surface area contributed by atoms with Gasteiger partial charge < -0.3 is 16.2 Å². The molecule has 4 N–H and O–H groups in total. The van der Waals surface area contributed by atoms with E-state index in [1.54, 1.807) is 18.2 Å². The van der Waals surface area contributed by atoms with Crippen LogP contribution in [0.15, 0.2) is 34.8 Å². The predicted octanol–water partition coefficient (Wildman–Crippen LogP) is 1.61. The van der Waals surface area contributed by atoms with E-state index < -0.39 is 11.9 Å². The molecular weight excluding hydrogens is 276 g/mol. The Morgan fingerprint density at radius 1 is 1.38 bits per heavy atom. The Morgan fingerprint density at radius 3 is 2.62 bits per heavy atom. The molecule has 1 aromatic carbocycles. The molecule has 0 radical (unpaired) electrons. The first-order valence-electron chi connectivity index (χ1n) is 4.26. The van der Waals surface area contributed by atoms with Crippen molar-refractivity contribution in [3.05, 3.63) is 34.8 Å². The number of rotatable bonds is 3. The third-order valence-electron chi connectivity index (χ3n) is 1.65. The Kier molecular flexibility index (Phi) is 4.07. The maximum absolute atomic E-state index is 11.2. The van der Waals surface area contributed by atoms with E-state index in [-0.39, 0.29) is 0 Å². The molecule has 0 bridgehead atoms. The first-order valence-corrected chi connectivity index (χ1v) is 5.05. The number of nitrogens with one attached hydrogen (secondary N) is 1. The monoisotopic (exact) mass is 284 g/mol. The van der Waals surface area contributed by atoms with Crippen LogP contribution in [0.3, 0.4) is 0 Å². The Morgan fingerprint density at radius 2 is 2.06 bits per heavy atom. The molecule has 0 aliphatic rings. The topological polar surface area (TPSA) is 92.4 Å². The Labute approximate surface area is 100 Å². The fraction of sp³-hybridized carbons (Fsp3) is 0. The zero-order chi connectivity index (χ0) is 12.1. The summed E-state index contributed by atoms with van der Waals surface area (Å²) < 4.78 is 0.660. The van der Waals surface area contributed by atoms with Crippen molar-refractivity contribution in [3.8, 4) is 0 Å². The molecule has 0 spiro atoms. The van der Waals surface area contributed by atoms with E-state index in [0.717, 1.165) is 12.2 Å². The van der Waals surface area contributed by atoms with Crippen LogP contribution >= 0.6 is 15.9 Å². The zero-order valence-corrected chi connectivity index (χ0v) is 9.69. The number of anilines is 2. The molecule has 0 unspecified atom stereocenters. The second-order valence-electron chi connectivity index (χ2n) is 2.90. The van der Waals surface area contributed by atoms with Crippen molar-refractivity contribution in [2.24, 2.45) is 0 Å². The van der Waals surface area contributed by atoms with Gasteiger partial charge in [-0.3, -0.25) is 4.79 Å². The highest BCUT2D eigenvalue weighted by molar-refractivity contribution is 9.10. The van der Waals surface area contributed by atoms with Gasteiger partial charge in [-0.15, -0.1) is 0 Å². The SMILES string of the molecule is Nc1ccc(NC(=O)C=CC(=O)O)cc1Br. The fourth-order valence-corrected chi connectivity index (χ4v) is 1.31. The number of aliphatic carboxylic acids is 1. The average Bonchev–Trinajstić information content (AvgIpc) is 2.21. The number of amides is 1. The lowest BCUT2D eigenvalue weighted by Crippen LogP contribution is -2.08. The van der Waals surface area contributed by atoms with Gasteiger partial charge in [-0.05, 0) is 34.1 Å². The van der Waals surface area contributed by atoms with Crippen LogP contribution in [0.25, 0.3) is 0 Å². The van der Waals surface area contributed by atoms with Gasteiger partial charge in [-0.1, -0.05) is 0 Å². The van der Waals surface area contributed by atoms with Gasteiger partial charge in [0.15, 0.2) is 0 Å². The number of nitrogen functional groups attached to an aromatic ring is 1. The van der Waals surface area contributed by atoms with Crippen molar-refractivity contribution in [1.82, 2.24) is 0 Å². The highest BCUT2D eigenvalue weighted by atomic mass is 79.9. The highest BCUT2D eigenvalue weighted by Crippen LogP contribution is 2.23. The number of carbonyl (C=O) groups excluding carboxylic acids is 1. The van der Waals surface area contributed by atoms with Crippen LogP contribution in [0.5, 0.6) is 0 Å². The van der Waals surface area contributed by atoms with E-state index >= 15 is 0 Å². The molecule has 0 saturated carbocycles. The average molecular weight is 285 g/mol. The van der Waals surface area contributed by atoms with Gasteiger partial charge in [0, 0.05) is 28.0 Å². The molecule has 0 heterocycles. The van der Waals surface area contributed by atoms with E-state index in [4.69, 9.17) is 10.8 Å². The van der Waals surface area contributed by atoms with Crippen LogP contribution in [0.4, 0.5) is 11.4 Å². The van der Waals surface area contributed by atoms with E-state index in [1.165, 1.54) is 0 Å². The molecule has 0 aromatic heterocycles. The summed E-state index contributed by atoms with van der Waals surface area (Å²) in [4.78, 5) is 21.4. The summed E-state index contributed by atoms with van der Waals surface area (Å²) in [7, 11) is 0. The van der Waals surface area contributed by atoms with Crippen molar-refractivity contribution in [3.63, 3.8) is 0 Å². The molecule has 0 fully saturated rings. The number of hydrogen-bond acceptors (Lipinski definition) is 3. The van der Waals surface area contributed by atoms with Crippen LogP contribution in [-0.2, 0) is 9.59 Å². The molecule has 16 heavy (non-hydrogen) atoms. The van der Waals surface area contributed by atoms with Crippen LogP contribution in [0, 0.1) is 0 Å². The Balaban J connectivity index is 2.70. The lowest BCUT2D eigenvalue weighted by atomic mass is 10.3. The lowest BCUT2D eigenvalue weighted by molar-refractivity contribution is -0.131. The van der Waals surface area contributed by atoms with Crippen LogP contribution in [0.1, 0.15) is 0 Å². The van der Waals surface area contributed by atoms with Crippen molar-refractivity contribution in [1.29, 1.82) is 0 Å². The quantitative estimate of drug-likeness (QED) is 0.581. The summed E-state index contributed by atoms with van der Waals surface area (Å²) in [6.07, 6.45) is 1.70. The summed E-state index contributed by atoms with van der Waals surface area (Å²) >= 11 is 3.21. The van der Waals surface area contributed by atoms with Gasteiger partial charge in [-0.25, -0.2) is 4.79 Å². The molecule has 1 aromatic rings. The third-order valence-corrected chi connectivity index (χ3v) is 2.33. The minimum absolute atomic E-state index is 0.515. The second-order valence-corrected chi connectivity index (χ2v) is 3.75. The van der Waals surface area contributed by atoms with Gasteiger partial charge in [0.25, 0.3) is 0 Å². The number of nitrogens with two attached hydrogens (primary N) is 1. The number of hydrogen-bond donors (Lipinski definition) is 3. The first-order chi connectivity index (χ1) is 7.49. The van der Waals surface area contributed by atoms with E-state index in [9.17, 15) is 9.59 Å². The van der Waals surface area contributed by atoms with E-state index in [1.807, 2.05) is 0 Å². The second kappa shape index (κ2) is 5.32. The fourth-order valence-electron chi connectivity index (χ4n) is 0.936. The van der Waals surface area contributed by atoms with Crippen molar-refractivity contribution >= 4 is 39.2 Å². The minimum Gasteiger partial charge on any atom is -0.478 e. The molecule has 0 saturated heterocycles. The molecule has 5 nitrogen and oxygen atoms in total. The molecule has 6 heteroatoms. The first kappa shape index (κ1) is 12.3. The van der Waals surface area contributed by atoms with Crippen molar-refractivity contribution in [2.75, 3.05) is 11.1 Å². The molecule has 0 aliphatic heterocycles. The normalized spacial score (nSPS) is 10.3. The number of carbonyl (C=O) groups is 2. The van der Waals surface area contributed by atoms with Gasteiger partial charge >= 0.3 is 5.97 Å². The summed E-state index contributed by atoms with van der Waals surface area (Å²) in [5, 5.41) is 10.8. The van der Waals surface area contributed by atoms with Gasteiger partial charge in [0.05, 0.1) is 0 Å². The highest BCUT2D eigenvalue weighted by Gasteiger charge is 2.01. The van der Waals surface area contributed by atoms with Gasteiger partial charge in [0.1, 0.15) is 0 Å². The van der Waals surface area contributed by atoms with E-state index in [0.29, 0.717) is 15.8 Å². The largest absolute Gasteiger partial charge is 0.478 e. The van der Waals surface area contributed by atoms with Gasteiger partial charge in [-0.2, -0.15) is 0 Å². The van der Waals surface area contributed by atoms with Gasteiger partial charge in [0.2, 0.25) is 5.91 Å². The number of carboxylic acids is 1. The predicted molar refractivity (Wildman–Crippen MR) is 64.0 cm³/mol. The van der Waals surface area contributed by atoms with Crippen molar-refractivity contribution in [2.45, 2.75) is 0 Å². The smallest absolute Gasteiger partial charge is 0.328 e. The molecule has 1 amide bonds. The molecule has 0 aliphatic carbocycles. The summed E-state index contributed by atoms with van der Waals surface area (Å²) in [5.74, 6) is -1.69. The molecule has 1 rings (SSSR count). The number of benzene rings is 1. The van der Waals surface area contributed by atoms with Crippen LogP contribution < -0.4 is 11.1 Å². The third kappa shape index (κ3) is 3.74. The molecular formula is C10H9BrN2O3. The minimum atomic E-state index is -1.17. The number of halogens is 1. The summed E-state index contributed by atoms with van der Waals surface area (Å²) in [6.45, 7) is 0. The standard InChI is InChI=1S/C10H9BrN2O3/c11-7-5-6(1-2-8(7)12)13-9(14)3-4-10(15)16/h1-5H,12H2,(H,13,14)(H,15,16). The zero-order valence-electron chi connectivity index (χ0n) is 8.11. The lowest BCUT2D eigenvalue weighted by Gasteiger charge is -2.04. The molecule has 0 atom stereocenters. The molecule has 84 valence electrons. The Bertz CT molecular complexity index is 457. The Hall–Kier alpha value is -1.82. The summed E-state index contributed by atoms with van der Waals surface area (Å²) in [6, 6.07) is 4.87. The maximum Gasteiger partial charge on any atom is 0.328 e. The van der Waals surface area contributed by atoms with Crippen molar-refractivity contribution < 1.29 is 14.7 Å². The maximum atomic E-state index is 11.2. The number of carboxylic acid groups (broad SMARTS) is 1. The van der Waals surface area contributed by atoms with Crippen LogP contribution in [-0.4, -0.2) is 17.0 Å². The van der Waals surface area contributed by atoms with E-state index in [2.05, 4.69) is 21.2 Å².